The topological polar surface area (TPSA) is 70.4 Å². The van der Waals surface area contributed by atoms with Gasteiger partial charge >= 0.3 is 5.97 Å². The summed E-state index contributed by atoms with van der Waals surface area (Å²) in [6, 6.07) is 10.7. The standard InChI is InChI=1S/C19H17ClN2O4/c1-3-26-19(24)15-16(20)14-5-4-10-21-17(14)22(18(15)23)11-12-6-8-13(25-2)9-7-12/h4-10H,3,11H2,1-2H3. The molecular weight excluding hydrogens is 356 g/mol. The van der Waals surface area contributed by atoms with Crippen LogP contribution in [0.5, 0.6) is 5.75 Å². The van der Waals surface area contributed by atoms with Crippen molar-refractivity contribution in [2.45, 2.75) is 13.5 Å². The predicted molar refractivity (Wildman–Crippen MR) is 99.1 cm³/mol. The summed E-state index contributed by atoms with van der Waals surface area (Å²) in [6.07, 6.45) is 1.58. The van der Waals surface area contributed by atoms with Gasteiger partial charge in [0.2, 0.25) is 0 Å². The number of methoxy groups -OCH3 is 1. The molecule has 0 N–H and O–H groups in total. The average Bonchev–Trinajstić information content (AvgIpc) is 2.66. The van der Waals surface area contributed by atoms with Crippen LogP contribution in [-0.2, 0) is 11.3 Å². The van der Waals surface area contributed by atoms with E-state index < -0.39 is 11.5 Å². The van der Waals surface area contributed by atoms with Gasteiger partial charge in [0.15, 0.2) is 0 Å². The molecule has 0 aliphatic carbocycles. The molecule has 0 saturated carbocycles. The van der Waals surface area contributed by atoms with Crippen molar-refractivity contribution in [3.63, 3.8) is 0 Å². The third-order valence-electron chi connectivity index (χ3n) is 3.94. The van der Waals surface area contributed by atoms with Crippen molar-refractivity contribution in [3.05, 3.63) is 69.1 Å². The van der Waals surface area contributed by atoms with Crippen molar-refractivity contribution in [1.29, 1.82) is 0 Å². The first-order valence-corrected chi connectivity index (χ1v) is 8.41. The molecule has 0 spiro atoms. The Balaban J connectivity index is 2.19. The molecule has 0 radical (unpaired) electrons. The van der Waals surface area contributed by atoms with Gasteiger partial charge in [-0.05, 0) is 36.8 Å². The van der Waals surface area contributed by atoms with E-state index in [-0.39, 0.29) is 23.7 Å². The number of ether oxygens (including phenoxy) is 2. The molecule has 0 amide bonds. The molecular formula is C19H17ClN2O4. The first-order valence-electron chi connectivity index (χ1n) is 8.04. The molecule has 3 rings (SSSR count). The molecule has 0 unspecified atom stereocenters. The van der Waals surface area contributed by atoms with E-state index in [4.69, 9.17) is 21.1 Å². The molecule has 7 heteroatoms. The zero-order valence-corrected chi connectivity index (χ0v) is 15.1. The summed E-state index contributed by atoms with van der Waals surface area (Å²) in [5.74, 6) is -0.0240. The molecule has 2 heterocycles. The van der Waals surface area contributed by atoms with Crippen molar-refractivity contribution < 1.29 is 14.3 Å². The highest BCUT2D eigenvalue weighted by Crippen LogP contribution is 2.25. The van der Waals surface area contributed by atoms with Gasteiger partial charge < -0.3 is 9.47 Å². The van der Waals surface area contributed by atoms with Crippen LogP contribution in [0.3, 0.4) is 0 Å². The highest BCUT2D eigenvalue weighted by atomic mass is 35.5. The first kappa shape index (κ1) is 17.9. The Bertz CT molecular complexity index is 1010. The molecule has 0 aliphatic heterocycles. The number of pyridine rings is 2. The van der Waals surface area contributed by atoms with Crippen LogP contribution >= 0.6 is 11.6 Å². The van der Waals surface area contributed by atoms with Crippen LogP contribution in [0.15, 0.2) is 47.4 Å². The van der Waals surface area contributed by atoms with E-state index in [1.165, 1.54) is 4.57 Å². The monoisotopic (exact) mass is 372 g/mol. The lowest BCUT2D eigenvalue weighted by atomic mass is 10.1. The zero-order chi connectivity index (χ0) is 18.7. The zero-order valence-electron chi connectivity index (χ0n) is 14.4. The molecule has 0 bridgehead atoms. The molecule has 0 saturated heterocycles. The number of halogens is 1. The summed E-state index contributed by atoms with van der Waals surface area (Å²) >= 11 is 6.32. The maximum Gasteiger partial charge on any atom is 0.345 e. The predicted octanol–water partition coefficient (Wildman–Crippen LogP) is 3.28. The molecule has 6 nitrogen and oxygen atoms in total. The lowest BCUT2D eigenvalue weighted by Gasteiger charge is -2.14. The molecule has 0 atom stereocenters. The molecule has 2 aromatic heterocycles. The number of aromatic nitrogens is 2. The first-order chi connectivity index (χ1) is 12.6. The highest BCUT2D eigenvalue weighted by Gasteiger charge is 2.23. The van der Waals surface area contributed by atoms with Crippen LogP contribution in [0, 0.1) is 0 Å². The quantitative estimate of drug-likeness (QED) is 0.643. The van der Waals surface area contributed by atoms with Gasteiger partial charge in [0, 0.05) is 11.6 Å². The molecule has 3 aromatic rings. The number of hydrogen-bond acceptors (Lipinski definition) is 5. The minimum absolute atomic E-state index is 0.0579. The number of benzene rings is 1. The second-order valence-electron chi connectivity index (χ2n) is 5.52. The number of nitrogens with zero attached hydrogens (tertiary/aromatic N) is 2. The van der Waals surface area contributed by atoms with E-state index in [2.05, 4.69) is 4.98 Å². The maximum absolute atomic E-state index is 13.0. The van der Waals surface area contributed by atoms with Crippen molar-refractivity contribution >= 4 is 28.6 Å². The Morgan fingerprint density at radius 1 is 1.23 bits per heavy atom. The molecule has 1 aromatic carbocycles. The van der Waals surface area contributed by atoms with Crippen molar-refractivity contribution in [2.24, 2.45) is 0 Å². The van der Waals surface area contributed by atoms with Gasteiger partial charge in [-0.15, -0.1) is 0 Å². The van der Waals surface area contributed by atoms with Crippen molar-refractivity contribution in [3.8, 4) is 5.75 Å². The van der Waals surface area contributed by atoms with Gasteiger partial charge in [0.05, 0.1) is 25.3 Å². The molecule has 0 fully saturated rings. The van der Waals surface area contributed by atoms with E-state index in [1.54, 1.807) is 44.5 Å². The fraction of sp³-hybridized carbons (Fsp3) is 0.211. The van der Waals surface area contributed by atoms with Crippen LogP contribution in [0.2, 0.25) is 5.02 Å². The SMILES string of the molecule is CCOC(=O)c1c(Cl)c2cccnc2n(Cc2ccc(OC)cc2)c1=O. The van der Waals surface area contributed by atoms with E-state index in [9.17, 15) is 9.59 Å². The Morgan fingerprint density at radius 3 is 2.62 bits per heavy atom. The van der Waals surface area contributed by atoms with E-state index >= 15 is 0 Å². The number of carbonyl (C=O) groups excluding carboxylic acids is 1. The maximum atomic E-state index is 13.0. The number of esters is 1. The van der Waals surface area contributed by atoms with Gasteiger partial charge in [-0.2, -0.15) is 0 Å². The van der Waals surface area contributed by atoms with Gasteiger partial charge in [-0.1, -0.05) is 23.7 Å². The third-order valence-corrected chi connectivity index (χ3v) is 4.33. The minimum Gasteiger partial charge on any atom is -0.497 e. The summed E-state index contributed by atoms with van der Waals surface area (Å²) in [4.78, 5) is 29.5. The Labute approximate surface area is 154 Å². The number of rotatable bonds is 5. The number of hydrogen-bond donors (Lipinski definition) is 0. The van der Waals surface area contributed by atoms with Crippen molar-refractivity contribution in [2.75, 3.05) is 13.7 Å². The van der Waals surface area contributed by atoms with Crippen LogP contribution < -0.4 is 10.3 Å². The van der Waals surface area contributed by atoms with Crippen LogP contribution in [-0.4, -0.2) is 29.2 Å². The van der Waals surface area contributed by atoms with E-state index in [0.717, 1.165) is 5.56 Å². The second kappa shape index (κ2) is 7.58. The van der Waals surface area contributed by atoms with E-state index in [1.807, 2.05) is 12.1 Å². The summed E-state index contributed by atoms with van der Waals surface area (Å²) in [5.41, 5.74) is 0.557. The molecule has 0 aliphatic rings. The van der Waals surface area contributed by atoms with Crippen LogP contribution in [0.25, 0.3) is 11.0 Å². The fourth-order valence-corrected chi connectivity index (χ4v) is 2.99. The van der Waals surface area contributed by atoms with Crippen molar-refractivity contribution in [1.82, 2.24) is 9.55 Å². The number of carbonyl (C=O) groups is 1. The Kier molecular flexibility index (Phi) is 5.23. The van der Waals surface area contributed by atoms with E-state index in [0.29, 0.717) is 16.8 Å². The lowest BCUT2D eigenvalue weighted by molar-refractivity contribution is 0.0524. The second-order valence-corrected chi connectivity index (χ2v) is 5.90. The lowest BCUT2D eigenvalue weighted by Crippen LogP contribution is -2.29. The van der Waals surface area contributed by atoms with Gasteiger partial charge in [-0.3, -0.25) is 9.36 Å². The average molecular weight is 373 g/mol. The number of fused-ring (bicyclic) bond motifs is 1. The Morgan fingerprint density at radius 2 is 1.96 bits per heavy atom. The molecule has 26 heavy (non-hydrogen) atoms. The fourth-order valence-electron chi connectivity index (χ4n) is 2.68. The van der Waals surface area contributed by atoms with Gasteiger partial charge in [-0.25, -0.2) is 9.78 Å². The minimum atomic E-state index is -0.739. The summed E-state index contributed by atoms with van der Waals surface area (Å²) in [6.45, 7) is 2.06. The summed E-state index contributed by atoms with van der Waals surface area (Å²) in [7, 11) is 1.59. The highest BCUT2D eigenvalue weighted by molar-refractivity contribution is 6.38. The Hall–Kier alpha value is -2.86. The summed E-state index contributed by atoms with van der Waals surface area (Å²) < 4.78 is 11.6. The van der Waals surface area contributed by atoms with Crippen LogP contribution in [0.4, 0.5) is 0 Å². The van der Waals surface area contributed by atoms with Gasteiger partial charge in [0.25, 0.3) is 5.56 Å². The molecule has 134 valence electrons. The van der Waals surface area contributed by atoms with Crippen LogP contribution in [0.1, 0.15) is 22.8 Å². The van der Waals surface area contributed by atoms with Gasteiger partial charge in [0.1, 0.15) is 17.0 Å². The summed E-state index contributed by atoms with van der Waals surface area (Å²) in [5, 5.41) is 0.577. The third kappa shape index (κ3) is 3.28. The smallest absolute Gasteiger partial charge is 0.345 e. The largest absolute Gasteiger partial charge is 0.497 e. The normalized spacial score (nSPS) is 10.7.